The minimum absolute atomic E-state index is 0.740. The third-order valence-electron chi connectivity index (χ3n) is 2.85. The molecule has 2 aromatic rings. The van der Waals surface area contributed by atoms with Crippen LogP contribution in [-0.2, 0) is 0 Å². The molecule has 0 radical (unpaired) electrons. The van der Waals surface area contributed by atoms with Gasteiger partial charge in [-0.25, -0.2) is 4.98 Å². The molecular formula is C15H21N5. The predicted molar refractivity (Wildman–Crippen MR) is 84.9 cm³/mol. The van der Waals surface area contributed by atoms with Gasteiger partial charge in [0, 0.05) is 32.0 Å². The maximum atomic E-state index is 4.47. The lowest BCUT2D eigenvalue weighted by Gasteiger charge is -2.13. The smallest absolute Gasteiger partial charge is 0.151 e. The molecule has 0 aliphatic heterocycles. The summed E-state index contributed by atoms with van der Waals surface area (Å²) >= 11 is 0. The van der Waals surface area contributed by atoms with Crippen molar-refractivity contribution in [3.8, 4) is 0 Å². The van der Waals surface area contributed by atoms with E-state index >= 15 is 0 Å². The van der Waals surface area contributed by atoms with Crippen LogP contribution < -0.4 is 15.5 Å². The zero-order valence-electron chi connectivity index (χ0n) is 12.2. The highest BCUT2D eigenvalue weighted by Gasteiger charge is 2.00. The van der Waals surface area contributed by atoms with Crippen LogP contribution >= 0.6 is 0 Å². The summed E-state index contributed by atoms with van der Waals surface area (Å²) in [6, 6.07) is 8.19. The van der Waals surface area contributed by atoms with E-state index in [0.717, 1.165) is 30.3 Å². The van der Waals surface area contributed by atoms with Crippen LogP contribution in [0.5, 0.6) is 0 Å². The molecule has 20 heavy (non-hydrogen) atoms. The average Bonchev–Trinajstić information content (AvgIpc) is 2.46. The molecule has 0 unspecified atom stereocenters. The molecule has 5 nitrogen and oxygen atoms in total. The summed E-state index contributed by atoms with van der Waals surface area (Å²) in [6.07, 6.45) is 4.51. The first-order valence-electron chi connectivity index (χ1n) is 6.79. The van der Waals surface area contributed by atoms with Crippen molar-refractivity contribution in [2.75, 3.05) is 36.2 Å². The molecule has 0 spiro atoms. The van der Waals surface area contributed by atoms with E-state index in [2.05, 4.69) is 44.6 Å². The molecule has 0 saturated carbocycles. The Balaban J connectivity index is 2.05. The molecule has 5 heteroatoms. The van der Waals surface area contributed by atoms with Gasteiger partial charge >= 0.3 is 0 Å². The fraction of sp³-hybridized carbons (Fsp3) is 0.333. The Morgan fingerprint density at radius 2 is 1.75 bits per heavy atom. The number of rotatable bonds is 6. The van der Waals surface area contributed by atoms with E-state index in [9.17, 15) is 0 Å². The minimum Gasteiger partial charge on any atom is -0.378 e. The zero-order chi connectivity index (χ0) is 14.4. The Morgan fingerprint density at radius 3 is 2.40 bits per heavy atom. The first kappa shape index (κ1) is 14.1. The van der Waals surface area contributed by atoms with Gasteiger partial charge in [0.05, 0.1) is 12.4 Å². The summed E-state index contributed by atoms with van der Waals surface area (Å²) in [6.45, 7) is 3.02. The van der Waals surface area contributed by atoms with Crippen molar-refractivity contribution in [1.29, 1.82) is 0 Å². The van der Waals surface area contributed by atoms with Crippen LogP contribution in [0.15, 0.2) is 36.7 Å². The molecule has 0 fully saturated rings. The number of anilines is 4. The maximum absolute atomic E-state index is 4.47. The van der Waals surface area contributed by atoms with Crippen molar-refractivity contribution in [3.05, 3.63) is 36.7 Å². The lowest BCUT2D eigenvalue weighted by molar-refractivity contribution is 0.965. The van der Waals surface area contributed by atoms with Crippen molar-refractivity contribution >= 4 is 23.0 Å². The van der Waals surface area contributed by atoms with Gasteiger partial charge in [-0.3, -0.25) is 4.98 Å². The standard InChI is InChI=1S/C15H21N5/c1-4-9-17-14-10-16-11-15(19-14)18-12-5-7-13(8-6-12)20(2)3/h5-8,10-11H,4,9H2,1-3H3,(H2,17,18,19). The molecule has 0 aliphatic rings. The topological polar surface area (TPSA) is 53.1 Å². The van der Waals surface area contributed by atoms with E-state index in [0.29, 0.717) is 0 Å². The number of nitrogens with one attached hydrogen (secondary N) is 2. The number of benzene rings is 1. The third kappa shape index (κ3) is 3.85. The van der Waals surface area contributed by atoms with Gasteiger partial charge in [-0.15, -0.1) is 0 Å². The Bertz CT molecular complexity index is 536. The molecule has 2 rings (SSSR count). The number of aromatic nitrogens is 2. The summed E-state index contributed by atoms with van der Waals surface area (Å²) < 4.78 is 0. The SMILES string of the molecule is CCCNc1cncc(Nc2ccc(N(C)C)cc2)n1. The fourth-order valence-corrected chi connectivity index (χ4v) is 1.76. The van der Waals surface area contributed by atoms with Gasteiger partial charge in [-0.2, -0.15) is 0 Å². The number of hydrogen-bond donors (Lipinski definition) is 2. The fourth-order valence-electron chi connectivity index (χ4n) is 1.76. The maximum Gasteiger partial charge on any atom is 0.151 e. The first-order chi connectivity index (χ1) is 9.69. The van der Waals surface area contributed by atoms with E-state index in [1.54, 1.807) is 12.4 Å². The van der Waals surface area contributed by atoms with Crippen LogP contribution in [0.4, 0.5) is 23.0 Å². The molecule has 2 N–H and O–H groups in total. The Labute approximate surface area is 120 Å². The molecule has 0 atom stereocenters. The Kier molecular flexibility index (Phi) is 4.76. The lowest BCUT2D eigenvalue weighted by atomic mass is 10.2. The second kappa shape index (κ2) is 6.75. The second-order valence-electron chi connectivity index (χ2n) is 4.78. The van der Waals surface area contributed by atoms with Crippen LogP contribution in [-0.4, -0.2) is 30.6 Å². The van der Waals surface area contributed by atoms with Crippen LogP contribution in [0.1, 0.15) is 13.3 Å². The molecule has 0 aliphatic carbocycles. The van der Waals surface area contributed by atoms with E-state index in [4.69, 9.17) is 0 Å². The lowest BCUT2D eigenvalue weighted by Crippen LogP contribution is -2.08. The highest BCUT2D eigenvalue weighted by atomic mass is 15.1. The highest BCUT2D eigenvalue weighted by molar-refractivity contribution is 5.60. The van der Waals surface area contributed by atoms with Gasteiger partial charge in [0.2, 0.25) is 0 Å². The molecule has 1 heterocycles. The van der Waals surface area contributed by atoms with Crippen LogP contribution in [0, 0.1) is 0 Å². The van der Waals surface area contributed by atoms with Crippen molar-refractivity contribution in [1.82, 2.24) is 9.97 Å². The van der Waals surface area contributed by atoms with E-state index in [-0.39, 0.29) is 0 Å². The van der Waals surface area contributed by atoms with Gasteiger partial charge < -0.3 is 15.5 Å². The average molecular weight is 271 g/mol. The molecule has 1 aromatic heterocycles. The van der Waals surface area contributed by atoms with Crippen LogP contribution in [0.25, 0.3) is 0 Å². The molecule has 106 valence electrons. The van der Waals surface area contributed by atoms with Crippen LogP contribution in [0.3, 0.4) is 0 Å². The number of nitrogens with zero attached hydrogens (tertiary/aromatic N) is 3. The van der Waals surface area contributed by atoms with Gasteiger partial charge in [0.25, 0.3) is 0 Å². The van der Waals surface area contributed by atoms with E-state index in [1.165, 1.54) is 5.69 Å². The summed E-state index contributed by atoms with van der Waals surface area (Å²) in [4.78, 5) is 10.7. The molecular weight excluding hydrogens is 250 g/mol. The van der Waals surface area contributed by atoms with Crippen LogP contribution in [0.2, 0.25) is 0 Å². The van der Waals surface area contributed by atoms with E-state index < -0.39 is 0 Å². The zero-order valence-corrected chi connectivity index (χ0v) is 12.2. The van der Waals surface area contributed by atoms with Gasteiger partial charge in [0.15, 0.2) is 5.82 Å². The highest BCUT2D eigenvalue weighted by Crippen LogP contribution is 2.19. The molecule has 0 bridgehead atoms. The molecule has 1 aromatic carbocycles. The summed E-state index contributed by atoms with van der Waals surface area (Å²) in [7, 11) is 4.05. The van der Waals surface area contributed by atoms with Gasteiger partial charge in [-0.1, -0.05) is 6.92 Å². The largest absolute Gasteiger partial charge is 0.378 e. The third-order valence-corrected chi connectivity index (χ3v) is 2.85. The molecule has 0 amide bonds. The summed E-state index contributed by atoms with van der Waals surface area (Å²) in [5.41, 5.74) is 2.16. The first-order valence-corrected chi connectivity index (χ1v) is 6.79. The van der Waals surface area contributed by atoms with E-state index in [1.807, 2.05) is 26.2 Å². The monoisotopic (exact) mass is 271 g/mol. The van der Waals surface area contributed by atoms with Crippen molar-refractivity contribution < 1.29 is 0 Å². The molecule has 0 saturated heterocycles. The Hall–Kier alpha value is -2.30. The predicted octanol–water partition coefficient (Wildman–Crippen LogP) is 3.11. The minimum atomic E-state index is 0.740. The van der Waals surface area contributed by atoms with Crippen molar-refractivity contribution in [2.24, 2.45) is 0 Å². The van der Waals surface area contributed by atoms with Crippen molar-refractivity contribution in [2.45, 2.75) is 13.3 Å². The Morgan fingerprint density at radius 1 is 1.05 bits per heavy atom. The quantitative estimate of drug-likeness (QED) is 0.845. The number of hydrogen-bond acceptors (Lipinski definition) is 5. The summed E-state index contributed by atoms with van der Waals surface area (Å²) in [5, 5.41) is 6.48. The van der Waals surface area contributed by atoms with Gasteiger partial charge in [-0.05, 0) is 30.7 Å². The normalized spacial score (nSPS) is 10.2. The van der Waals surface area contributed by atoms with Gasteiger partial charge in [0.1, 0.15) is 5.82 Å². The second-order valence-corrected chi connectivity index (χ2v) is 4.78. The van der Waals surface area contributed by atoms with Crippen molar-refractivity contribution in [3.63, 3.8) is 0 Å². The summed E-state index contributed by atoms with van der Waals surface area (Å²) in [5.74, 6) is 1.53.